The minimum Gasteiger partial charge on any atom is -0.248 e. The number of para-hydroxylation sites is 2. The van der Waals surface area contributed by atoms with E-state index in [9.17, 15) is 0 Å². The van der Waals surface area contributed by atoms with Crippen molar-refractivity contribution in [2.24, 2.45) is 0 Å². The fourth-order valence-corrected chi connectivity index (χ4v) is 2.12. The van der Waals surface area contributed by atoms with E-state index in [-0.39, 0.29) is 0 Å². The van der Waals surface area contributed by atoms with Gasteiger partial charge in [0.2, 0.25) is 0 Å². The first-order valence-corrected chi connectivity index (χ1v) is 6.60. The Morgan fingerprint density at radius 1 is 1.00 bits per heavy atom. The molecule has 90 valence electrons. The van der Waals surface area contributed by atoms with Crippen molar-refractivity contribution in [1.29, 1.82) is 0 Å². The second kappa shape index (κ2) is 5.97. The molecule has 0 amide bonds. The predicted octanol–water partition coefficient (Wildman–Crippen LogP) is 4.41. The van der Waals surface area contributed by atoms with Crippen LogP contribution in [0.1, 0.15) is 38.3 Å². The van der Waals surface area contributed by atoms with Crippen LogP contribution in [0.2, 0.25) is 5.15 Å². The van der Waals surface area contributed by atoms with Gasteiger partial charge in [-0.1, -0.05) is 49.9 Å². The van der Waals surface area contributed by atoms with Gasteiger partial charge < -0.3 is 0 Å². The third kappa shape index (κ3) is 3.16. The van der Waals surface area contributed by atoms with Crippen LogP contribution in [0.3, 0.4) is 0 Å². The number of nitrogens with zero attached hydrogens (tertiary/aromatic N) is 2. The summed E-state index contributed by atoms with van der Waals surface area (Å²) in [6, 6.07) is 7.85. The second-order valence-electron chi connectivity index (χ2n) is 4.26. The van der Waals surface area contributed by atoms with Gasteiger partial charge >= 0.3 is 0 Å². The van der Waals surface area contributed by atoms with Gasteiger partial charge in [-0.2, -0.15) is 0 Å². The normalized spacial score (nSPS) is 10.9. The van der Waals surface area contributed by atoms with Gasteiger partial charge in [0.25, 0.3) is 0 Å². The lowest BCUT2D eigenvalue weighted by molar-refractivity contribution is 0.660. The van der Waals surface area contributed by atoms with Gasteiger partial charge in [0, 0.05) is 0 Å². The highest BCUT2D eigenvalue weighted by Crippen LogP contribution is 2.18. The third-order valence-electron chi connectivity index (χ3n) is 2.86. The van der Waals surface area contributed by atoms with Gasteiger partial charge in [-0.05, 0) is 25.0 Å². The van der Waals surface area contributed by atoms with Crippen LogP contribution in [-0.2, 0) is 6.42 Å². The summed E-state index contributed by atoms with van der Waals surface area (Å²) < 4.78 is 0. The molecule has 0 saturated heterocycles. The topological polar surface area (TPSA) is 25.8 Å². The largest absolute Gasteiger partial charge is 0.248 e. The predicted molar refractivity (Wildman–Crippen MR) is 72.4 cm³/mol. The fourth-order valence-electron chi connectivity index (χ4n) is 1.89. The second-order valence-corrected chi connectivity index (χ2v) is 4.62. The van der Waals surface area contributed by atoms with E-state index in [4.69, 9.17) is 11.6 Å². The lowest BCUT2D eigenvalue weighted by Crippen LogP contribution is -1.96. The first-order chi connectivity index (χ1) is 8.31. The summed E-state index contributed by atoms with van der Waals surface area (Å²) in [5.74, 6) is 0. The molecular formula is C14H17ClN2. The SMILES string of the molecule is CCCCCCc1nc2ccccc2nc1Cl. The molecule has 0 aliphatic heterocycles. The van der Waals surface area contributed by atoms with Gasteiger partial charge in [0.15, 0.2) is 5.15 Å². The van der Waals surface area contributed by atoms with E-state index >= 15 is 0 Å². The van der Waals surface area contributed by atoms with Crippen molar-refractivity contribution in [3.8, 4) is 0 Å². The summed E-state index contributed by atoms with van der Waals surface area (Å²) in [7, 11) is 0. The summed E-state index contributed by atoms with van der Waals surface area (Å²) in [4.78, 5) is 8.96. The number of benzene rings is 1. The van der Waals surface area contributed by atoms with Crippen molar-refractivity contribution in [1.82, 2.24) is 9.97 Å². The molecule has 2 aromatic rings. The molecule has 0 bridgehead atoms. The Kier molecular flexibility index (Phi) is 4.32. The van der Waals surface area contributed by atoms with Crippen LogP contribution in [0.15, 0.2) is 24.3 Å². The molecule has 0 aliphatic carbocycles. The van der Waals surface area contributed by atoms with Gasteiger partial charge in [-0.3, -0.25) is 0 Å². The molecule has 2 nitrogen and oxygen atoms in total. The Morgan fingerprint density at radius 2 is 1.71 bits per heavy atom. The number of aryl methyl sites for hydroxylation is 1. The number of halogens is 1. The van der Waals surface area contributed by atoms with Crippen molar-refractivity contribution < 1.29 is 0 Å². The van der Waals surface area contributed by atoms with Crippen molar-refractivity contribution in [2.45, 2.75) is 39.0 Å². The molecule has 17 heavy (non-hydrogen) atoms. The molecule has 1 aromatic carbocycles. The molecule has 0 atom stereocenters. The lowest BCUT2D eigenvalue weighted by Gasteiger charge is -2.04. The van der Waals surface area contributed by atoms with Gasteiger partial charge in [-0.25, -0.2) is 9.97 Å². The maximum absolute atomic E-state index is 6.14. The summed E-state index contributed by atoms with van der Waals surface area (Å²) in [5.41, 5.74) is 2.73. The Balaban J connectivity index is 2.14. The van der Waals surface area contributed by atoms with Gasteiger partial charge in [0.05, 0.1) is 16.7 Å². The average molecular weight is 249 g/mol. The zero-order chi connectivity index (χ0) is 12.1. The molecule has 1 aromatic heterocycles. The van der Waals surface area contributed by atoms with Crippen molar-refractivity contribution in [3.05, 3.63) is 35.1 Å². The molecule has 1 heterocycles. The zero-order valence-electron chi connectivity index (χ0n) is 10.1. The minimum atomic E-state index is 0.556. The number of hydrogen-bond acceptors (Lipinski definition) is 2. The monoisotopic (exact) mass is 248 g/mol. The van der Waals surface area contributed by atoms with E-state index in [1.807, 2.05) is 24.3 Å². The van der Waals surface area contributed by atoms with Crippen LogP contribution in [-0.4, -0.2) is 9.97 Å². The van der Waals surface area contributed by atoms with E-state index < -0.39 is 0 Å². The molecule has 0 N–H and O–H groups in total. The Labute approximate surface area is 107 Å². The number of aromatic nitrogens is 2. The highest BCUT2D eigenvalue weighted by molar-refractivity contribution is 6.30. The summed E-state index contributed by atoms with van der Waals surface area (Å²) in [6.07, 6.45) is 5.83. The number of rotatable bonds is 5. The summed E-state index contributed by atoms with van der Waals surface area (Å²) >= 11 is 6.14. The smallest absolute Gasteiger partial charge is 0.151 e. The highest BCUT2D eigenvalue weighted by Gasteiger charge is 2.05. The first kappa shape index (κ1) is 12.3. The van der Waals surface area contributed by atoms with E-state index in [0.717, 1.165) is 29.6 Å². The zero-order valence-corrected chi connectivity index (χ0v) is 10.9. The quantitative estimate of drug-likeness (QED) is 0.733. The maximum Gasteiger partial charge on any atom is 0.151 e. The molecule has 0 fully saturated rings. The van der Waals surface area contributed by atoms with E-state index in [1.165, 1.54) is 19.3 Å². The van der Waals surface area contributed by atoms with Gasteiger partial charge in [-0.15, -0.1) is 0 Å². The summed E-state index contributed by atoms with van der Waals surface area (Å²) in [5, 5.41) is 0.556. The third-order valence-corrected chi connectivity index (χ3v) is 3.16. The standard InChI is InChI=1S/C14H17ClN2/c1-2-3-4-5-10-13-14(15)17-12-9-7-6-8-11(12)16-13/h6-9H,2-5,10H2,1H3. The average Bonchev–Trinajstić information content (AvgIpc) is 2.35. The van der Waals surface area contributed by atoms with E-state index in [0.29, 0.717) is 5.15 Å². The highest BCUT2D eigenvalue weighted by atomic mass is 35.5. The molecule has 0 spiro atoms. The van der Waals surface area contributed by atoms with Crippen LogP contribution in [0.5, 0.6) is 0 Å². The molecule has 0 unspecified atom stereocenters. The van der Waals surface area contributed by atoms with Crippen molar-refractivity contribution >= 4 is 22.6 Å². The Bertz CT molecular complexity index is 497. The van der Waals surface area contributed by atoms with Crippen LogP contribution < -0.4 is 0 Å². The van der Waals surface area contributed by atoms with Crippen molar-refractivity contribution in [3.63, 3.8) is 0 Å². The molecule has 0 radical (unpaired) electrons. The molecule has 0 aliphatic rings. The summed E-state index contributed by atoms with van der Waals surface area (Å²) in [6.45, 7) is 2.21. The molecule has 3 heteroatoms. The molecule has 0 saturated carbocycles. The Morgan fingerprint density at radius 3 is 2.41 bits per heavy atom. The maximum atomic E-state index is 6.14. The number of fused-ring (bicyclic) bond motifs is 1. The van der Waals surface area contributed by atoms with Crippen LogP contribution >= 0.6 is 11.6 Å². The van der Waals surface area contributed by atoms with Gasteiger partial charge in [0.1, 0.15) is 0 Å². The van der Waals surface area contributed by atoms with E-state index in [2.05, 4.69) is 16.9 Å². The molecule has 2 rings (SSSR count). The minimum absolute atomic E-state index is 0.556. The first-order valence-electron chi connectivity index (χ1n) is 6.22. The molecular weight excluding hydrogens is 232 g/mol. The number of hydrogen-bond donors (Lipinski definition) is 0. The van der Waals surface area contributed by atoms with Crippen molar-refractivity contribution in [2.75, 3.05) is 0 Å². The van der Waals surface area contributed by atoms with E-state index in [1.54, 1.807) is 0 Å². The lowest BCUT2D eigenvalue weighted by atomic mass is 10.1. The number of unbranched alkanes of at least 4 members (excludes halogenated alkanes) is 3. The van der Waals surface area contributed by atoms with Crippen LogP contribution in [0.4, 0.5) is 0 Å². The van der Waals surface area contributed by atoms with Crippen LogP contribution in [0, 0.1) is 0 Å². The van der Waals surface area contributed by atoms with Crippen LogP contribution in [0.25, 0.3) is 11.0 Å². The Hall–Kier alpha value is -1.15. The fraction of sp³-hybridized carbons (Fsp3) is 0.429.